The highest BCUT2D eigenvalue weighted by Crippen LogP contribution is 2.27. The number of ether oxygens (including phenoxy) is 1. The first-order chi connectivity index (χ1) is 9.72. The van der Waals surface area contributed by atoms with Gasteiger partial charge in [-0.3, -0.25) is 4.99 Å². The SMILES string of the molecule is CN=C(NC)NCc1ccc(C)cc1OC1CCCC1.I. The van der Waals surface area contributed by atoms with Crippen molar-refractivity contribution in [2.24, 2.45) is 4.99 Å². The summed E-state index contributed by atoms with van der Waals surface area (Å²) >= 11 is 0. The van der Waals surface area contributed by atoms with Crippen molar-refractivity contribution >= 4 is 29.9 Å². The van der Waals surface area contributed by atoms with Gasteiger partial charge in [-0.25, -0.2) is 0 Å². The van der Waals surface area contributed by atoms with E-state index in [1.54, 1.807) is 7.05 Å². The lowest BCUT2D eigenvalue weighted by atomic mass is 10.1. The molecule has 1 fully saturated rings. The highest BCUT2D eigenvalue weighted by Gasteiger charge is 2.18. The van der Waals surface area contributed by atoms with Crippen molar-refractivity contribution in [2.75, 3.05) is 14.1 Å². The molecule has 0 amide bonds. The Hall–Kier alpha value is -0.980. The van der Waals surface area contributed by atoms with Gasteiger partial charge < -0.3 is 15.4 Å². The molecule has 4 nitrogen and oxygen atoms in total. The first kappa shape index (κ1) is 18.1. The minimum atomic E-state index is 0. The molecule has 1 aliphatic rings. The quantitative estimate of drug-likeness (QED) is 0.461. The van der Waals surface area contributed by atoms with Gasteiger partial charge in [-0.1, -0.05) is 12.1 Å². The van der Waals surface area contributed by atoms with Gasteiger partial charge in [0.2, 0.25) is 0 Å². The normalized spacial score (nSPS) is 15.5. The molecule has 0 aliphatic heterocycles. The third-order valence-electron chi connectivity index (χ3n) is 3.73. The summed E-state index contributed by atoms with van der Waals surface area (Å²) in [6.07, 6.45) is 5.32. The molecule has 0 atom stereocenters. The van der Waals surface area contributed by atoms with E-state index in [0.29, 0.717) is 6.10 Å². The lowest BCUT2D eigenvalue weighted by Gasteiger charge is -2.18. The van der Waals surface area contributed by atoms with Gasteiger partial charge in [0.1, 0.15) is 5.75 Å². The van der Waals surface area contributed by atoms with Gasteiger partial charge in [-0.2, -0.15) is 0 Å². The molecule has 0 spiro atoms. The maximum absolute atomic E-state index is 6.19. The summed E-state index contributed by atoms with van der Waals surface area (Å²) in [4.78, 5) is 4.13. The second-order valence-corrected chi connectivity index (χ2v) is 5.31. The first-order valence-electron chi connectivity index (χ1n) is 7.37. The van der Waals surface area contributed by atoms with Crippen LogP contribution in [0, 0.1) is 6.92 Å². The maximum atomic E-state index is 6.19. The second-order valence-electron chi connectivity index (χ2n) is 5.31. The van der Waals surface area contributed by atoms with Crippen molar-refractivity contribution in [3.8, 4) is 5.75 Å². The topological polar surface area (TPSA) is 45.7 Å². The molecular weight excluding hydrogens is 377 g/mol. The number of nitrogens with one attached hydrogen (secondary N) is 2. The predicted molar refractivity (Wildman–Crippen MR) is 98.7 cm³/mol. The third-order valence-corrected chi connectivity index (χ3v) is 3.73. The van der Waals surface area contributed by atoms with E-state index < -0.39 is 0 Å². The van der Waals surface area contributed by atoms with E-state index in [0.717, 1.165) is 18.3 Å². The van der Waals surface area contributed by atoms with Crippen LogP contribution >= 0.6 is 24.0 Å². The van der Waals surface area contributed by atoms with Crippen LogP contribution in [0.2, 0.25) is 0 Å². The van der Waals surface area contributed by atoms with E-state index in [1.165, 1.54) is 36.8 Å². The predicted octanol–water partition coefficient (Wildman–Crippen LogP) is 3.23. The van der Waals surface area contributed by atoms with Gasteiger partial charge >= 0.3 is 0 Å². The first-order valence-corrected chi connectivity index (χ1v) is 7.37. The highest BCUT2D eigenvalue weighted by atomic mass is 127. The molecule has 0 bridgehead atoms. The number of hydrogen-bond donors (Lipinski definition) is 2. The van der Waals surface area contributed by atoms with Crippen LogP contribution in [0.5, 0.6) is 5.75 Å². The number of aliphatic imine (C=N–C) groups is 1. The summed E-state index contributed by atoms with van der Waals surface area (Å²) in [6.45, 7) is 2.82. The molecule has 5 heteroatoms. The van der Waals surface area contributed by atoms with Crippen LogP contribution in [-0.4, -0.2) is 26.2 Å². The smallest absolute Gasteiger partial charge is 0.190 e. The monoisotopic (exact) mass is 403 g/mol. The zero-order valence-corrected chi connectivity index (χ0v) is 15.4. The Morgan fingerprint density at radius 3 is 2.67 bits per heavy atom. The molecule has 118 valence electrons. The molecule has 2 N–H and O–H groups in total. The highest BCUT2D eigenvalue weighted by molar-refractivity contribution is 14.0. The Labute approximate surface area is 144 Å². The number of aryl methyl sites for hydroxylation is 1. The van der Waals surface area contributed by atoms with E-state index in [-0.39, 0.29) is 24.0 Å². The summed E-state index contributed by atoms with van der Waals surface area (Å²) in [5, 5.41) is 6.30. The maximum Gasteiger partial charge on any atom is 0.190 e. The number of hydrogen-bond acceptors (Lipinski definition) is 2. The summed E-state index contributed by atoms with van der Waals surface area (Å²) in [5.41, 5.74) is 2.42. The molecule has 21 heavy (non-hydrogen) atoms. The third kappa shape index (κ3) is 5.37. The van der Waals surface area contributed by atoms with Crippen LogP contribution in [0.3, 0.4) is 0 Å². The molecule has 0 heterocycles. The minimum absolute atomic E-state index is 0. The molecule has 0 unspecified atom stereocenters. The van der Waals surface area contributed by atoms with Gasteiger partial charge in [-0.05, 0) is 44.2 Å². The summed E-state index contributed by atoms with van der Waals surface area (Å²) in [7, 11) is 3.63. The van der Waals surface area contributed by atoms with Gasteiger partial charge in [-0.15, -0.1) is 24.0 Å². The fraction of sp³-hybridized carbons (Fsp3) is 0.562. The Morgan fingerprint density at radius 1 is 1.33 bits per heavy atom. The van der Waals surface area contributed by atoms with Crippen LogP contribution in [-0.2, 0) is 6.54 Å². The Bertz CT molecular complexity index is 471. The van der Waals surface area contributed by atoms with Crippen LogP contribution in [0.4, 0.5) is 0 Å². The van der Waals surface area contributed by atoms with Crippen molar-refractivity contribution in [3.63, 3.8) is 0 Å². The van der Waals surface area contributed by atoms with Crippen LogP contribution in [0.25, 0.3) is 0 Å². The largest absolute Gasteiger partial charge is 0.490 e. The number of benzene rings is 1. The Morgan fingerprint density at radius 2 is 2.05 bits per heavy atom. The van der Waals surface area contributed by atoms with Gasteiger partial charge in [0.15, 0.2) is 5.96 Å². The van der Waals surface area contributed by atoms with E-state index in [9.17, 15) is 0 Å². The summed E-state index contributed by atoms with van der Waals surface area (Å²) in [5.74, 6) is 1.80. The summed E-state index contributed by atoms with van der Waals surface area (Å²) in [6, 6.07) is 6.40. The molecule has 2 rings (SSSR count). The van der Waals surface area contributed by atoms with Crippen LogP contribution in [0.15, 0.2) is 23.2 Å². The van der Waals surface area contributed by atoms with E-state index in [1.807, 2.05) is 7.05 Å². The minimum Gasteiger partial charge on any atom is -0.490 e. The van der Waals surface area contributed by atoms with Crippen molar-refractivity contribution in [3.05, 3.63) is 29.3 Å². The Balaban J connectivity index is 0.00000220. The van der Waals surface area contributed by atoms with Crippen molar-refractivity contribution in [1.29, 1.82) is 0 Å². The van der Waals surface area contributed by atoms with Gasteiger partial charge in [0, 0.05) is 26.2 Å². The van der Waals surface area contributed by atoms with Crippen molar-refractivity contribution < 1.29 is 4.74 Å². The molecule has 1 saturated carbocycles. The molecule has 0 saturated heterocycles. The summed E-state index contributed by atoms with van der Waals surface area (Å²) < 4.78 is 6.19. The molecule has 0 radical (unpaired) electrons. The Kier molecular flexibility index (Phi) is 7.85. The fourth-order valence-electron chi connectivity index (χ4n) is 2.56. The lowest BCUT2D eigenvalue weighted by Crippen LogP contribution is -2.34. The van der Waals surface area contributed by atoms with E-state index in [4.69, 9.17) is 4.74 Å². The molecule has 0 aromatic heterocycles. The molecule has 1 aromatic rings. The standard InChI is InChI=1S/C16H25N3O.HI/c1-12-8-9-13(11-19-16(17-2)18-3)15(10-12)20-14-6-4-5-7-14;/h8-10,14H,4-7,11H2,1-3H3,(H2,17,18,19);1H. The zero-order valence-electron chi connectivity index (χ0n) is 13.1. The number of rotatable bonds is 4. The van der Waals surface area contributed by atoms with Crippen LogP contribution < -0.4 is 15.4 Å². The van der Waals surface area contributed by atoms with E-state index in [2.05, 4.69) is 40.7 Å². The van der Waals surface area contributed by atoms with E-state index >= 15 is 0 Å². The fourth-order valence-corrected chi connectivity index (χ4v) is 2.56. The number of nitrogens with zero attached hydrogens (tertiary/aromatic N) is 1. The van der Waals surface area contributed by atoms with Gasteiger partial charge in [0.05, 0.1) is 6.10 Å². The lowest BCUT2D eigenvalue weighted by molar-refractivity contribution is 0.207. The van der Waals surface area contributed by atoms with Gasteiger partial charge in [0.25, 0.3) is 0 Å². The average Bonchev–Trinajstić information content (AvgIpc) is 2.95. The molecule has 1 aromatic carbocycles. The number of guanidine groups is 1. The van der Waals surface area contributed by atoms with Crippen molar-refractivity contribution in [1.82, 2.24) is 10.6 Å². The van der Waals surface area contributed by atoms with Crippen molar-refractivity contribution in [2.45, 2.75) is 45.3 Å². The zero-order chi connectivity index (χ0) is 14.4. The number of halogens is 1. The average molecular weight is 403 g/mol. The molecular formula is C16H26IN3O. The second kappa shape index (κ2) is 9.12. The molecule has 1 aliphatic carbocycles. The van der Waals surface area contributed by atoms with Crippen LogP contribution in [0.1, 0.15) is 36.8 Å².